The molecule has 1 aliphatic rings. The van der Waals surface area contributed by atoms with Crippen LogP contribution in [0.2, 0.25) is 0 Å². The molecular weight excluding hydrogens is 332 g/mol. The van der Waals surface area contributed by atoms with Gasteiger partial charge in [0.2, 0.25) is 5.91 Å². The van der Waals surface area contributed by atoms with Gasteiger partial charge in [-0.1, -0.05) is 12.1 Å². The summed E-state index contributed by atoms with van der Waals surface area (Å²) in [7, 11) is 1.64. The summed E-state index contributed by atoms with van der Waals surface area (Å²) >= 11 is 0. The predicted molar refractivity (Wildman–Crippen MR) is 100 cm³/mol. The van der Waals surface area contributed by atoms with Crippen LogP contribution in [0.25, 0.3) is 0 Å². The normalized spacial score (nSPS) is 15.1. The smallest absolute Gasteiger partial charge is 0.407 e. The fourth-order valence-electron chi connectivity index (χ4n) is 2.71. The van der Waals surface area contributed by atoms with Crippen molar-refractivity contribution in [2.75, 3.05) is 13.7 Å². The summed E-state index contributed by atoms with van der Waals surface area (Å²) in [6.07, 6.45) is 2.77. The fraction of sp³-hybridized carbons (Fsp3) is 0.600. The topological polar surface area (TPSA) is 76.7 Å². The first-order valence-electron chi connectivity index (χ1n) is 9.18. The van der Waals surface area contributed by atoms with Crippen LogP contribution in [0.1, 0.15) is 58.1 Å². The third kappa shape index (κ3) is 6.94. The number of benzene rings is 1. The Bertz CT molecular complexity index is 603. The summed E-state index contributed by atoms with van der Waals surface area (Å²) in [6, 6.07) is 7.90. The molecule has 1 fully saturated rings. The molecule has 6 nitrogen and oxygen atoms in total. The summed E-state index contributed by atoms with van der Waals surface area (Å²) in [4.78, 5) is 23.8. The van der Waals surface area contributed by atoms with E-state index in [1.807, 2.05) is 45.0 Å². The van der Waals surface area contributed by atoms with Gasteiger partial charge in [-0.05, 0) is 63.6 Å². The van der Waals surface area contributed by atoms with E-state index in [9.17, 15) is 9.59 Å². The molecule has 0 aromatic heterocycles. The Hall–Kier alpha value is -2.24. The minimum Gasteiger partial charge on any atom is -0.497 e. The number of amides is 2. The van der Waals surface area contributed by atoms with Gasteiger partial charge >= 0.3 is 6.09 Å². The number of nitrogens with one attached hydrogen (secondary N) is 2. The lowest BCUT2D eigenvalue weighted by Gasteiger charge is -2.20. The van der Waals surface area contributed by atoms with E-state index in [1.54, 1.807) is 7.11 Å². The molecule has 0 saturated heterocycles. The molecule has 26 heavy (non-hydrogen) atoms. The molecule has 1 aromatic rings. The monoisotopic (exact) mass is 362 g/mol. The van der Waals surface area contributed by atoms with E-state index in [0.29, 0.717) is 25.3 Å². The quantitative estimate of drug-likeness (QED) is 0.693. The molecule has 2 amide bonds. The fourth-order valence-corrected chi connectivity index (χ4v) is 2.71. The van der Waals surface area contributed by atoms with Gasteiger partial charge in [-0.2, -0.15) is 0 Å². The Balaban J connectivity index is 1.75. The van der Waals surface area contributed by atoms with Gasteiger partial charge < -0.3 is 20.1 Å². The van der Waals surface area contributed by atoms with Crippen molar-refractivity contribution in [3.63, 3.8) is 0 Å². The second kappa shape index (κ2) is 8.92. The first kappa shape index (κ1) is 20.1. The average molecular weight is 362 g/mol. The number of hydrogen-bond donors (Lipinski definition) is 2. The average Bonchev–Trinajstić information content (AvgIpc) is 3.40. The van der Waals surface area contributed by atoms with Crippen LogP contribution >= 0.6 is 0 Å². The Morgan fingerprint density at radius 1 is 1.19 bits per heavy atom. The van der Waals surface area contributed by atoms with Gasteiger partial charge in [-0.3, -0.25) is 4.79 Å². The van der Waals surface area contributed by atoms with E-state index >= 15 is 0 Å². The number of methoxy groups -OCH3 is 1. The van der Waals surface area contributed by atoms with Gasteiger partial charge in [0.05, 0.1) is 13.2 Å². The molecular formula is C20H30N2O4. The minimum atomic E-state index is -0.517. The van der Waals surface area contributed by atoms with E-state index in [0.717, 1.165) is 24.2 Å². The number of alkyl carbamates (subject to hydrolysis) is 1. The molecule has 0 spiro atoms. The molecule has 144 valence electrons. The van der Waals surface area contributed by atoms with Gasteiger partial charge in [0.15, 0.2) is 0 Å². The zero-order valence-electron chi connectivity index (χ0n) is 16.1. The maximum Gasteiger partial charge on any atom is 0.407 e. The van der Waals surface area contributed by atoms with Gasteiger partial charge in [-0.15, -0.1) is 0 Å². The molecule has 1 unspecified atom stereocenters. The highest BCUT2D eigenvalue weighted by Gasteiger charge is 2.33. The number of rotatable bonds is 8. The van der Waals surface area contributed by atoms with Crippen LogP contribution in [0, 0.1) is 5.92 Å². The second-order valence-corrected chi connectivity index (χ2v) is 7.69. The Kier molecular flexibility index (Phi) is 6.89. The second-order valence-electron chi connectivity index (χ2n) is 7.69. The van der Waals surface area contributed by atoms with Crippen LogP contribution in [0.5, 0.6) is 5.75 Å². The van der Waals surface area contributed by atoms with Gasteiger partial charge in [0.25, 0.3) is 0 Å². The van der Waals surface area contributed by atoms with Gasteiger partial charge in [0, 0.05) is 13.0 Å². The van der Waals surface area contributed by atoms with E-state index in [4.69, 9.17) is 9.47 Å². The van der Waals surface area contributed by atoms with Crippen molar-refractivity contribution >= 4 is 12.0 Å². The minimum absolute atomic E-state index is 0.00343. The van der Waals surface area contributed by atoms with Crippen molar-refractivity contribution in [1.82, 2.24) is 10.6 Å². The predicted octanol–water partition coefficient (Wildman–Crippen LogP) is 3.57. The van der Waals surface area contributed by atoms with Crippen molar-refractivity contribution < 1.29 is 19.1 Å². The zero-order chi connectivity index (χ0) is 19.2. The van der Waals surface area contributed by atoms with Crippen LogP contribution in [-0.2, 0) is 9.53 Å². The third-order valence-corrected chi connectivity index (χ3v) is 4.13. The lowest BCUT2D eigenvalue weighted by Crippen LogP contribution is -2.34. The van der Waals surface area contributed by atoms with Crippen molar-refractivity contribution in [1.29, 1.82) is 0 Å². The highest BCUT2D eigenvalue weighted by molar-refractivity contribution is 5.76. The van der Waals surface area contributed by atoms with Crippen molar-refractivity contribution in [3.05, 3.63) is 29.8 Å². The Morgan fingerprint density at radius 2 is 1.85 bits per heavy atom. The summed E-state index contributed by atoms with van der Waals surface area (Å²) in [6.45, 7) is 5.87. The van der Waals surface area contributed by atoms with Crippen LogP contribution in [0.3, 0.4) is 0 Å². The number of carbonyl (C=O) groups excluding carboxylic acids is 2. The van der Waals surface area contributed by atoms with Gasteiger partial charge in [0.1, 0.15) is 11.4 Å². The zero-order valence-corrected chi connectivity index (χ0v) is 16.1. The number of hydrogen-bond acceptors (Lipinski definition) is 4. The lowest BCUT2D eigenvalue weighted by molar-refractivity contribution is -0.122. The summed E-state index contributed by atoms with van der Waals surface area (Å²) in [5.74, 6) is 1.32. The maximum atomic E-state index is 12.3. The molecule has 0 bridgehead atoms. The van der Waals surface area contributed by atoms with Crippen molar-refractivity contribution in [2.45, 2.75) is 58.1 Å². The van der Waals surface area contributed by atoms with Crippen LogP contribution < -0.4 is 15.4 Å². The van der Waals surface area contributed by atoms with E-state index < -0.39 is 11.7 Å². The highest BCUT2D eigenvalue weighted by atomic mass is 16.6. The van der Waals surface area contributed by atoms with Crippen LogP contribution in [0.4, 0.5) is 4.79 Å². The molecule has 0 heterocycles. The van der Waals surface area contributed by atoms with E-state index in [-0.39, 0.29) is 11.9 Å². The summed E-state index contributed by atoms with van der Waals surface area (Å²) < 4.78 is 10.4. The lowest BCUT2D eigenvalue weighted by atomic mass is 10.0. The summed E-state index contributed by atoms with van der Waals surface area (Å²) in [5.41, 5.74) is 0.589. The molecule has 2 rings (SSSR count). The molecule has 2 N–H and O–H groups in total. The SMILES string of the molecule is COc1ccc(C(NC(=O)CCCNC(=O)OC(C)(C)C)C2CC2)cc1. The highest BCUT2D eigenvalue weighted by Crippen LogP contribution is 2.41. The van der Waals surface area contributed by atoms with Crippen LogP contribution in [-0.4, -0.2) is 31.3 Å². The van der Waals surface area contributed by atoms with Crippen molar-refractivity contribution in [3.8, 4) is 5.75 Å². The Morgan fingerprint density at radius 3 is 2.38 bits per heavy atom. The van der Waals surface area contributed by atoms with E-state index in [1.165, 1.54) is 0 Å². The van der Waals surface area contributed by atoms with Gasteiger partial charge in [-0.25, -0.2) is 4.79 Å². The number of ether oxygens (including phenoxy) is 2. The largest absolute Gasteiger partial charge is 0.497 e. The molecule has 1 saturated carbocycles. The first-order chi connectivity index (χ1) is 12.3. The first-order valence-corrected chi connectivity index (χ1v) is 9.18. The molecule has 1 aliphatic carbocycles. The standard InChI is InChI=1S/C20H30N2O4/c1-20(2,3)26-19(24)21-13-5-6-17(23)22-18(14-7-8-14)15-9-11-16(25-4)12-10-15/h9-12,14,18H,5-8,13H2,1-4H3,(H,21,24)(H,22,23). The van der Waals surface area contributed by atoms with Crippen molar-refractivity contribution in [2.24, 2.45) is 5.92 Å². The molecule has 1 aromatic carbocycles. The number of carbonyl (C=O) groups is 2. The molecule has 0 aliphatic heterocycles. The van der Waals surface area contributed by atoms with Crippen LogP contribution in [0.15, 0.2) is 24.3 Å². The summed E-state index contributed by atoms with van der Waals surface area (Å²) in [5, 5.41) is 5.81. The van der Waals surface area contributed by atoms with E-state index in [2.05, 4.69) is 10.6 Å². The molecule has 1 atom stereocenters. The third-order valence-electron chi connectivity index (χ3n) is 4.13. The maximum absolute atomic E-state index is 12.3. The Labute approximate surface area is 155 Å². The molecule has 6 heteroatoms. The molecule has 0 radical (unpaired) electrons.